The van der Waals surface area contributed by atoms with Crippen LogP contribution in [0.3, 0.4) is 0 Å². The fraction of sp³-hybridized carbons (Fsp3) is 0.222. The number of nitrogens with zero attached hydrogens (tertiary/aromatic N) is 1. The summed E-state index contributed by atoms with van der Waals surface area (Å²) in [6, 6.07) is 26.5. The van der Waals surface area contributed by atoms with E-state index in [2.05, 4.69) is 70.6 Å². The normalized spacial score (nSPS) is 15.8. The van der Waals surface area contributed by atoms with Gasteiger partial charge in [0, 0.05) is 16.7 Å². The van der Waals surface area contributed by atoms with Crippen molar-refractivity contribution < 1.29 is 4.79 Å². The molecule has 158 valence electrons. The second kappa shape index (κ2) is 9.97. The van der Waals surface area contributed by atoms with Crippen LogP contribution in [0.15, 0.2) is 88.9 Å². The zero-order chi connectivity index (χ0) is 21.6. The van der Waals surface area contributed by atoms with Crippen LogP contribution < -0.4 is 5.32 Å². The van der Waals surface area contributed by atoms with Gasteiger partial charge in [0.15, 0.2) is 0 Å². The number of hydrogen-bond acceptors (Lipinski definition) is 1. The summed E-state index contributed by atoms with van der Waals surface area (Å²) in [5, 5.41) is 3.11. The summed E-state index contributed by atoms with van der Waals surface area (Å²) in [5.41, 5.74) is 5.72. The van der Waals surface area contributed by atoms with Crippen LogP contribution in [0.25, 0.3) is 6.08 Å². The van der Waals surface area contributed by atoms with Crippen molar-refractivity contribution in [2.45, 2.75) is 32.2 Å². The molecule has 2 amide bonds. The molecule has 1 aliphatic rings. The Kier molecular flexibility index (Phi) is 6.88. The van der Waals surface area contributed by atoms with E-state index in [1.165, 1.54) is 11.1 Å². The number of aryl methyl sites for hydroxylation is 1. The molecule has 3 aromatic carbocycles. The third-order valence-electron chi connectivity index (χ3n) is 5.70. The number of hydrogen-bond donors (Lipinski definition) is 1. The molecule has 0 radical (unpaired) electrons. The van der Waals surface area contributed by atoms with Crippen LogP contribution in [-0.4, -0.2) is 17.5 Å². The maximum Gasteiger partial charge on any atom is 0.322 e. The summed E-state index contributed by atoms with van der Waals surface area (Å²) in [5.74, 6) is 0. The molecule has 0 aliphatic heterocycles. The zero-order valence-corrected chi connectivity index (χ0v) is 19.3. The summed E-state index contributed by atoms with van der Waals surface area (Å²) >= 11 is 3.45. The SMILES string of the molecule is C/C(=C\c1ccccc1)CN(C(=O)Nc1ccc(Br)cc1)C1CCCc2ccccc21. The average molecular weight is 475 g/mol. The second-order valence-corrected chi connectivity index (χ2v) is 8.99. The standard InChI is InChI=1S/C27H27BrN2O/c1-20(18-21-8-3-2-4-9-21)19-30(27(31)29-24-16-14-23(28)15-17-24)26-13-7-11-22-10-5-6-12-25(22)26/h2-6,8-10,12,14-18,26H,7,11,13,19H2,1H3,(H,29,31)/b20-18+. The predicted molar refractivity (Wildman–Crippen MR) is 132 cm³/mol. The van der Waals surface area contributed by atoms with Crippen LogP contribution in [0.1, 0.15) is 42.5 Å². The van der Waals surface area contributed by atoms with E-state index in [4.69, 9.17) is 0 Å². The van der Waals surface area contributed by atoms with Crippen molar-refractivity contribution in [2.75, 3.05) is 11.9 Å². The molecular weight excluding hydrogens is 448 g/mol. The largest absolute Gasteiger partial charge is 0.322 e. The van der Waals surface area contributed by atoms with E-state index in [1.807, 2.05) is 47.4 Å². The molecular formula is C27H27BrN2O. The first-order chi connectivity index (χ1) is 15.1. The van der Waals surface area contributed by atoms with Crippen LogP contribution in [-0.2, 0) is 6.42 Å². The molecule has 0 heterocycles. The zero-order valence-electron chi connectivity index (χ0n) is 17.7. The number of carbonyl (C=O) groups is 1. The first-order valence-electron chi connectivity index (χ1n) is 10.7. The minimum atomic E-state index is -0.0650. The van der Waals surface area contributed by atoms with E-state index < -0.39 is 0 Å². The Balaban J connectivity index is 1.63. The van der Waals surface area contributed by atoms with E-state index in [0.29, 0.717) is 6.54 Å². The molecule has 3 aromatic rings. The monoisotopic (exact) mass is 474 g/mol. The summed E-state index contributed by atoms with van der Waals surface area (Å²) in [6.07, 6.45) is 5.30. The van der Waals surface area contributed by atoms with Crippen molar-refractivity contribution >= 4 is 33.7 Å². The number of urea groups is 1. The van der Waals surface area contributed by atoms with Crippen LogP contribution >= 0.6 is 15.9 Å². The van der Waals surface area contributed by atoms with Gasteiger partial charge in [0.1, 0.15) is 0 Å². The molecule has 31 heavy (non-hydrogen) atoms. The maximum atomic E-state index is 13.5. The van der Waals surface area contributed by atoms with Crippen LogP contribution in [0.4, 0.5) is 10.5 Å². The molecule has 0 spiro atoms. The smallest absolute Gasteiger partial charge is 0.313 e. The Morgan fingerprint density at radius 1 is 1.03 bits per heavy atom. The van der Waals surface area contributed by atoms with Crippen LogP contribution in [0.2, 0.25) is 0 Å². The lowest BCUT2D eigenvalue weighted by Gasteiger charge is -2.36. The van der Waals surface area contributed by atoms with Crippen molar-refractivity contribution in [2.24, 2.45) is 0 Å². The highest BCUT2D eigenvalue weighted by Crippen LogP contribution is 2.35. The van der Waals surface area contributed by atoms with E-state index >= 15 is 0 Å². The molecule has 0 saturated heterocycles. The Morgan fingerprint density at radius 2 is 1.74 bits per heavy atom. The lowest BCUT2D eigenvalue weighted by molar-refractivity contribution is 0.186. The molecule has 0 saturated carbocycles. The fourth-order valence-corrected chi connectivity index (χ4v) is 4.52. The summed E-state index contributed by atoms with van der Waals surface area (Å²) < 4.78 is 0.991. The number of fused-ring (bicyclic) bond motifs is 1. The van der Waals surface area contributed by atoms with Gasteiger partial charge < -0.3 is 10.2 Å². The molecule has 0 aromatic heterocycles. The predicted octanol–water partition coefficient (Wildman–Crippen LogP) is 7.46. The molecule has 1 N–H and O–H groups in total. The van der Waals surface area contributed by atoms with Gasteiger partial charge in [-0.1, -0.05) is 82.2 Å². The Morgan fingerprint density at radius 3 is 2.52 bits per heavy atom. The number of halogens is 1. The third-order valence-corrected chi connectivity index (χ3v) is 6.23. The number of rotatable bonds is 5. The van der Waals surface area contributed by atoms with Gasteiger partial charge in [-0.2, -0.15) is 0 Å². The van der Waals surface area contributed by atoms with E-state index in [1.54, 1.807) is 0 Å². The minimum Gasteiger partial charge on any atom is -0.313 e. The van der Waals surface area contributed by atoms with Crippen molar-refractivity contribution in [1.29, 1.82) is 0 Å². The van der Waals surface area contributed by atoms with Crippen molar-refractivity contribution in [3.05, 3.63) is 106 Å². The van der Waals surface area contributed by atoms with Gasteiger partial charge >= 0.3 is 6.03 Å². The number of anilines is 1. The van der Waals surface area contributed by atoms with Gasteiger partial charge in [-0.15, -0.1) is 0 Å². The van der Waals surface area contributed by atoms with Crippen LogP contribution in [0.5, 0.6) is 0 Å². The molecule has 4 heteroatoms. The Hall–Kier alpha value is -2.85. The summed E-state index contributed by atoms with van der Waals surface area (Å²) in [4.78, 5) is 15.5. The van der Waals surface area contributed by atoms with Crippen molar-refractivity contribution in [3.8, 4) is 0 Å². The molecule has 1 unspecified atom stereocenters. The van der Waals surface area contributed by atoms with E-state index in [0.717, 1.165) is 40.6 Å². The van der Waals surface area contributed by atoms with Gasteiger partial charge in [0.05, 0.1) is 6.04 Å². The number of benzene rings is 3. The summed E-state index contributed by atoms with van der Waals surface area (Å²) in [7, 11) is 0. The molecule has 4 rings (SSSR count). The van der Waals surface area contributed by atoms with Crippen molar-refractivity contribution in [1.82, 2.24) is 4.90 Å². The lowest BCUT2D eigenvalue weighted by atomic mass is 9.86. The lowest BCUT2D eigenvalue weighted by Crippen LogP contribution is -2.40. The Bertz CT molecular complexity index is 1060. The molecule has 3 nitrogen and oxygen atoms in total. The fourth-order valence-electron chi connectivity index (χ4n) is 4.25. The molecule has 1 aliphatic carbocycles. The van der Waals surface area contributed by atoms with E-state index in [-0.39, 0.29) is 12.1 Å². The highest BCUT2D eigenvalue weighted by molar-refractivity contribution is 9.10. The Labute approximate surface area is 192 Å². The molecule has 1 atom stereocenters. The van der Waals surface area contributed by atoms with Crippen LogP contribution in [0, 0.1) is 0 Å². The third kappa shape index (κ3) is 5.45. The highest BCUT2D eigenvalue weighted by Gasteiger charge is 2.29. The highest BCUT2D eigenvalue weighted by atomic mass is 79.9. The van der Waals surface area contributed by atoms with Gasteiger partial charge in [-0.05, 0) is 67.1 Å². The topological polar surface area (TPSA) is 32.3 Å². The molecule has 0 fully saturated rings. The van der Waals surface area contributed by atoms with Gasteiger partial charge in [-0.3, -0.25) is 0 Å². The van der Waals surface area contributed by atoms with Crippen molar-refractivity contribution in [3.63, 3.8) is 0 Å². The van der Waals surface area contributed by atoms with Gasteiger partial charge in [-0.25, -0.2) is 4.79 Å². The van der Waals surface area contributed by atoms with E-state index in [9.17, 15) is 4.79 Å². The quantitative estimate of drug-likeness (QED) is 0.408. The van der Waals surface area contributed by atoms with Gasteiger partial charge in [0.2, 0.25) is 0 Å². The first-order valence-corrected chi connectivity index (χ1v) is 11.5. The second-order valence-electron chi connectivity index (χ2n) is 8.07. The minimum absolute atomic E-state index is 0.0650. The van der Waals surface area contributed by atoms with Gasteiger partial charge in [0.25, 0.3) is 0 Å². The summed E-state index contributed by atoms with van der Waals surface area (Å²) in [6.45, 7) is 2.68. The average Bonchev–Trinajstić information content (AvgIpc) is 2.79. The number of amides is 2. The number of nitrogens with one attached hydrogen (secondary N) is 1. The first kappa shape index (κ1) is 21.4. The maximum absolute atomic E-state index is 13.5. The number of carbonyl (C=O) groups excluding carboxylic acids is 1. The molecule has 0 bridgehead atoms.